The first-order chi connectivity index (χ1) is 11.5. The molecule has 132 valence electrons. The third-order valence-corrected chi connectivity index (χ3v) is 5.01. The van der Waals surface area contributed by atoms with Crippen molar-refractivity contribution < 1.29 is 19.0 Å². The van der Waals surface area contributed by atoms with E-state index in [4.69, 9.17) is 14.2 Å². The Labute approximate surface area is 143 Å². The van der Waals surface area contributed by atoms with E-state index >= 15 is 0 Å². The molecule has 0 saturated carbocycles. The summed E-state index contributed by atoms with van der Waals surface area (Å²) < 4.78 is 16.6. The lowest BCUT2D eigenvalue weighted by molar-refractivity contribution is -0.0870. The fraction of sp³-hybridized carbons (Fsp3) is 0.611. The van der Waals surface area contributed by atoms with Crippen LogP contribution in [0.2, 0.25) is 0 Å². The van der Waals surface area contributed by atoms with Gasteiger partial charge in [0.15, 0.2) is 11.5 Å². The first kappa shape index (κ1) is 17.0. The number of fused-ring (bicyclic) bond motifs is 1. The van der Waals surface area contributed by atoms with Crippen LogP contribution in [0.25, 0.3) is 0 Å². The van der Waals surface area contributed by atoms with Gasteiger partial charge in [-0.15, -0.1) is 0 Å². The zero-order chi connectivity index (χ0) is 17.3. The average Bonchev–Trinajstić information content (AvgIpc) is 2.60. The summed E-state index contributed by atoms with van der Waals surface area (Å²) in [5, 5.41) is 0. The largest absolute Gasteiger partial charge is 0.493 e. The third-order valence-electron chi connectivity index (χ3n) is 5.01. The fourth-order valence-corrected chi connectivity index (χ4v) is 3.65. The van der Waals surface area contributed by atoms with Gasteiger partial charge in [-0.05, 0) is 38.1 Å². The van der Waals surface area contributed by atoms with Gasteiger partial charge in [-0.3, -0.25) is 4.79 Å². The SMILES string of the molecule is COc1cc(C)c(C(=O)N2CCO[C@H]3CCN(C)C[C@@H]32)cc1OC. The number of piperidine rings is 1. The van der Waals surface area contributed by atoms with Crippen molar-refractivity contribution >= 4 is 5.91 Å². The number of methoxy groups -OCH3 is 2. The lowest BCUT2D eigenvalue weighted by Gasteiger charge is -2.46. The van der Waals surface area contributed by atoms with Gasteiger partial charge in [0.05, 0.1) is 33.0 Å². The number of aryl methyl sites for hydroxylation is 1. The Hall–Kier alpha value is -1.79. The van der Waals surface area contributed by atoms with Crippen molar-refractivity contribution in [1.82, 2.24) is 9.80 Å². The summed E-state index contributed by atoms with van der Waals surface area (Å²) in [6.07, 6.45) is 1.11. The molecule has 2 fully saturated rings. The van der Waals surface area contributed by atoms with Gasteiger partial charge in [0, 0.05) is 25.2 Å². The molecule has 6 heteroatoms. The highest BCUT2D eigenvalue weighted by Gasteiger charge is 2.39. The number of amides is 1. The average molecular weight is 334 g/mol. The number of benzene rings is 1. The molecule has 2 aliphatic rings. The summed E-state index contributed by atoms with van der Waals surface area (Å²) in [6, 6.07) is 3.75. The van der Waals surface area contributed by atoms with Crippen LogP contribution in [0.4, 0.5) is 0 Å². The number of rotatable bonds is 3. The first-order valence-corrected chi connectivity index (χ1v) is 8.39. The summed E-state index contributed by atoms with van der Waals surface area (Å²) in [5.74, 6) is 1.27. The van der Waals surface area contributed by atoms with Crippen LogP contribution in [-0.2, 0) is 4.74 Å². The molecule has 3 rings (SSSR count). The number of nitrogens with zero attached hydrogens (tertiary/aromatic N) is 2. The molecule has 1 aromatic rings. The van der Waals surface area contributed by atoms with Crippen LogP contribution in [0.15, 0.2) is 12.1 Å². The van der Waals surface area contributed by atoms with Crippen LogP contribution >= 0.6 is 0 Å². The molecular weight excluding hydrogens is 308 g/mol. The summed E-state index contributed by atoms with van der Waals surface area (Å²) in [6.45, 7) is 5.02. The molecule has 0 radical (unpaired) electrons. The van der Waals surface area contributed by atoms with E-state index in [9.17, 15) is 4.79 Å². The van der Waals surface area contributed by atoms with Crippen LogP contribution in [-0.4, -0.2) is 75.4 Å². The lowest BCUT2D eigenvalue weighted by Crippen LogP contribution is -2.60. The number of ether oxygens (including phenoxy) is 3. The number of likely N-dealkylation sites (N-methyl/N-ethyl adjacent to an activating group) is 1. The summed E-state index contributed by atoms with van der Waals surface area (Å²) in [7, 11) is 5.28. The Balaban J connectivity index is 1.90. The van der Waals surface area contributed by atoms with E-state index in [1.165, 1.54) is 0 Å². The molecule has 0 unspecified atom stereocenters. The van der Waals surface area contributed by atoms with Crippen LogP contribution in [0.1, 0.15) is 22.3 Å². The monoisotopic (exact) mass is 334 g/mol. The maximum atomic E-state index is 13.2. The van der Waals surface area contributed by atoms with Crippen LogP contribution in [0.3, 0.4) is 0 Å². The molecule has 2 saturated heterocycles. The smallest absolute Gasteiger partial charge is 0.254 e. The third kappa shape index (κ3) is 3.08. The summed E-state index contributed by atoms with van der Waals surface area (Å²) in [5.41, 5.74) is 1.56. The van der Waals surface area contributed by atoms with Crippen molar-refractivity contribution in [2.75, 3.05) is 47.5 Å². The van der Waals surface area contributed by atoms with Gasteiger partial charge in [0.1, 0.15) is 0 Å². The minimum absolute atomic E-state index is 0.0436. The van der Waals surface area contributed by atoms with Crippen molar-refractivity contribution in [3.63, 3.8) is 0 Å². The predicted molar refractivity (Wildman–Crippen MR) is 91.0 cm³/mol. The number of likely N-dealkylation sites (tertiary alicyclic amines) is 1. The van der Waals surface area contributed by atoms with Gasteiger partial charge in [-0.2, -0.15) is 0 Å². The Kier molecular flexibility index (Phi) is 4.96. The highest BCUT2D eigenvalue weighted by molar-refractivity contribution is 5.96. The summed E-state index contributed by atoms with van der Waals surface area (Å²) >= 11 is 0. The number of morpholine rings is 1. The fourth-order valence-electron chi connectivity index (χ4n) is 3.65. The van der Waals surface area contributed by atoms with Crippen molar-refractivity contribution in [2.45, 2.75) is 25.5 Å². The first-order valence-electron chi connectivity index (χ1n) is 8.39. The van der Waals surface area contributed by atoms with Crippen LogP contribution < -0.4 is 9.47 Å². The Morgan fingerprint density at radius 3 is 2.62 bits per heavy atom. The number of hydrogen-bond acceptors (Lipinski definition) is 5. The number of carbonyl (C=O) groups excluding carboxylic acids is 1. The van der Waals surface area contributed by atoms with E-state index in [1.807, 2.05) is 17.9 Å². The zero-order valence-electron chi connectivity index (χ0n) is 14.9. The maximum absolute atomic E-state index is 13.2. The standard InChI is InChI=1S/C18H26N2O4/c1-12-9-16(22-3)17(23-4)10-13(12)18(21)20-7-8-24-15-5-6-19(2)11-14(15)20/h9-10,14-15H,5-8,11H2,1-4H3/t14-,15-/m0/s1. The highest BCUT2D eigenvalue weighted by Crippen LogP contribution is 2.32. The molecule has 6 nitrogen and oxygen atoms in total. The molecule has 2 atom stereocenters. The minimum Gasteiger partial charge on any atom is -0.493 e. The van der Waals surface area contributed by atoms with Gasteiger partial charge in [-0.25, -0.2) is 0 Å². The van der Waals surface area contributed by atoms with Gasteiger partial charge < -0.3 is 24.0 Å². The molecule has 24 heavy (non-hydrogen) atoms. The highest BCUT2D eigenvalue weighted by atomic mass is 16.5. The summed E-state index contributed by atoms with van der Waals surface area (Å²) in [4.78, 5) is 17.4. The van der Waals surface area contributed by atoms with E-state index < -0.39 is 0 Å². The molecule has 0 aromatic heterocycles. The molecule has 2 heterocycles. The molecule has 1 amide bonds. The normalized spacial score (nSPS) is 24.4. The van der Waals surface area contributed by atoms with Gasteiger partial charge in [0.2, 0.25) is 0 Å². The second-order valence-corrected chi connectivity index (χ2v) is 6.55. The predicted octanol–water partition coefficient (Wildman–Crippen LogP) is 1.56. The van der Waals surface area contributed by atoms with Gasteiger partial charge in [0.25, 0.3) is 5.91 Å². The number of hydrogen-bond donors (Lipinski definition) is 0. The van der Waals surface area contributed by atoms with E-state index in [0.717, 1.165) is 25.1 Å². The van der Waals surface area contributed by atoms with E-state index in [1.54, 1.807) is 20.3 Å². The van der Waals surface area contributed by atoms with Crippen LogP contribution in [0, 0.1) is 6.92 Å². The Morgan fingerprint density at radius 1 is 1.21 bits per heavy atom. The van der Waals surface area contributed by atoms with E-state index in [-0.39, 0.29) is 18.1 Å². The minimum atomic E-state index is 0.0436. The molecule has 0 bridgehead atoms. The van der Waals surface area contributed by atoms with Gasteiger partial charge in [-0.1, -0.05) is 0 Å². The lowest BCUT2D eigenvalue weighted by atomic mass is 9.97. The van der Waals surface area contributed by atoms with Crippen LogP contribution in [0.5, 0.6) is 11.5 Å². The molecule has 0 N–H and O–H groups in total. The zero-order valence-corrected chi connectivity index (χ0v) is 14.9. The second kappa shape index (κ2) is 6.99. The molecule has 2 aliphatic heterocycles. The quantitative estimate of drug-likeness (QED) is 0.840. The maximum Gasteiger partial charge on any atom is 0.254 e. The molecule has 1 aromatic carbocycles. The molecule has 0 aliphatic carbocycles. The van der Waals surface area contributed by atoms with Crippen molar-refractivity contribution in [3.8, 4) is 11.5 Å². The topological polar surface area (TPSA) is 51.2 Å². The molecular formula is C18H26N2O4. The van der Waals surface area contributed by atoms with Crippen molar-refractivity contribution in [1.29, 1.82) is 0 Å². The Morgan fingerprint density at radius 2 is 1.92 bits per heavy atom. The van der Waals surface area contributed by atoms with E-state index in [0.29, 0.717) is 30.2 Å². The van der Waals surface area contributed by atoms with Crippen molar-refractivity contribution in [2.24, 2.45) is 0 Å². The van der Waals surface area contributed by atoms with E-state index in [2.05, 4.69) is 11.9 Å². The van der Waals surface area contributed by atoms with Gasteiger partial charge >= 0.3 is 0 Å². The molecule has 0 spiro atoms. The Bertz CT molecular complexity index is 619. The second-order valence-electron chi connectivity index (χ2n) is 6.55. The number of carbonyl (C=O) groups is 1. The van der Waals surface area contributed by atoms with Crippen molar-refractivity contribution in [3.05, 3.63) is 23.3 Å².